The van der Waals surface area contributed by atoms with Crippen LogP contribution in [0.2, 0.25) is 0 Å². The van der Waals surface area contributed by atoms with Crippen LogP contribution in [0.25, 0.3) is 22.8 Å². The Labute approximate surface area is 252 Å². The molecule has 4 heterocycles. The van der Waals surface area contributed by atoms with E-state index >= 15 is 0 Å². The van der Waals surface area contributed by atoms with Gasteiger partial charge in [-0.2, -0.15) is 17.6 Å². The van der Waals surface area contributed by atoms with E-state index in [1.54, 1.807) is 75.9 Å². The molecule has 0 radical (unpaired) electrons. The van der Waals surface area contributed by atoms with Crippen LogP contribution in [0.4, 0.5) is 28.2 Å². The van der Waals surface area contributed by atoms with Gasteiger partial charge >= 0.3 is 12.3 Å². The Morgan fingerprint density at radius 1 is 1.07 bits per heavy atom. The number of benzene rings is 1. The van der Waals surface area contributed by atoms with Crippen LogP contribution in [0.1, 0.15) is 63.2 Å². The van der Waals surface area contributed by atoms with Crippen molar-refractivity contribution in [2.75, 3.05) is 11.9 Å². The highest BCUT2D eigenvalue weighted by Gasteiger charge is 2.35. The van der Waals surface area contributed by atoms with E-state index in [-0.39, 0.29) is 36.3 Å². The van der Waals surface area contributed by atoms with E-state index in [9.17, 15) is 22.4 Å². The molecule has 1 aliphatic rings. The van der Waals surface area contributed by atoms with Crippen molar-refractivity contribution in [2.45, 2.75) is 71.9 Å². The molecule has 0 unspecified atom stereocenters. The minimum Gasteiger partial charge on any atom is -0.444 e. The number of anilines is 1. The van der Waals surface area contributed by atoms with Gasteiger partial charge in [0.05, 0.1) is 17.8 Å². The SMILES string of the molecule is CC(C)n1cc(C(F)(F)F)nc1-c1ccc(CNc2nc(-c3cccnc3F)nc3c2CN(C(=O)OC(C)(C)C)CC3)cc1. The molecule has 0 aliphatic carbocycles. The number of hydrogen-bond acceptors (Lipinski definition) is 7. The average Bonchev–Trinajstić information content (AvgIpc) is 3.42. The zero-order valence-corrected chi connectivity index (χ0v) is 25.0. The molecule has 9 nitrogen and oxygen atoms in total. The maximum absolute atomic E-state index is 14.6. The highest BCUT2D eigenvalue weighted by molar-refractivity contribution is 5.70. The highest BCUT2D eigenvalue weighted by Crippen LogP contribution is 2.33. The highest BCUT2D eigenvalue weighted by atomic mass is 19.4. The molecule has 0 atom stereocenters. The molecule has 0 spiro atoms. The Morgan fingerprint density at radius 3 is 2.43 bits per heavy atom. The number of alkyl halides is 3. The first kappa shape index (κ1) is 30.9. The summed E-state index contributed by atoms with van der Waals surface area (Å²) >= 11 is 0. The second-order valence-electron chi connectivity index (χ2n) is 11.8. The number of hydrogen-bond donors (Lipinski definition) is 1. The molecular formula is C31H33F4N7O2. The maximum Gasteiger partial charge on any atom is 0.434 e. The van der Waals surface area contributed by atoms with Crippen molar-refractivity contribution in [1.29, 1.82) is 0 Å². The monoisotopic (exact) mass is 611 g/mol. The third-order valence-electron chi connectivity index (χ3n) is 6.96. The Balaban J connectivity index is 1.43. The van der Waals surface area contributed by atoms with Gasteiger partial charge < -0.3 is 19.5 Å². The van der Waals surface area contributed by atoms with Gasteiger partial charge in [-0.05, 0) is 52.3 Å². The third-order valence-corrected chi connectivity index (χ3v) is 6.96. The molecule has 13 heteroatoms. The summed E-state index contributed by atoms with van der Waals surface area (Å²) in [7, 11) is 0. The van der Waals surface area contributed by atoms with Gasteiger partial charge in [-0.3, -0.25) is 0 Å². The van der Waals surface area contributed by atoms with Gasteiger partial charge in [0.2, 0.25) is 5.95 Å². The van der Waals surface area contributed by atoms with Crippen LogP contribution in [0.5, 0.6) is 0 Å². The van der Waals surface area contributed by atoms with E-state index in [4.69, 9.17) is 4.74 Å². The minimum atomic E-state index is -4.55. The zero-order valence-electron chi connectivity index (χ0n) is 25.0. The summed E-state index contributed by atoms with van der Waals surface area (Å²) in [5, 5.41) is 3.30. The molecule has 3 aromatic heterocycles. The molecule has 0 fully saturated rings. The molecule has 5 rings (SSSR count). The fraction of sp³-hybridized carbons (Fsp3) is 0.387. The number of amides is 1. The predicted molar refractivity (Wildman–Crippen MR) is 156 cm³/mol. The number of carbonyl (C=O) groups excluding carboxylic acids is 1. The Hall–Kier alpha value is -4.55. The number of pyridine rings is 1. The molecule has 0 saturated carbocycles. The third kappa shape index (κ3) is 6.81. The first-order chi connectivity index (χ1) is 20.7. The Kier molecular flexibility index (Phi) is 8.32. The largest absolute Gasteiger partial charge is 0.444 e. The van der Waals surface area contributed by atoms with Crippen LogP contribution >= 0.6 is 0 Å². The fourth-order valence-electron chi connectivity index (χ4n) is 4.81. The minimum absolute atomic E-state index is 0.149. The quantitative estimate of drug-likeness (QED) is 0.184. The first-order valence-corrected chi connectivity index (χ1v) is 14.2. The molecule has 0 saturated heterocycles. The first-order valence-electron chi connectivity index (χ1n) is 14.2. The smallest absolute Gasteiger partial charge is 0.434 e. The van der Waals surface area contributed by atoms with E-state index in [1.807, 2.05) is 0 Å². The lowest BCUT2D eigenvalue weighted by Crippen LogP contribution is -2.40. The second-order valence-corrected chi connectivity index (χ2v) is 11.8. The topological polar surface area (TPSA) is 98.1 Å². The molecule has 1 aliphatic heterocycles. The number of aromatic nitrogens is 5. The maximum atomic E-state index is 14.6. The van der Waals surface area contributed by atoms with E-state index in [2.05, 4.69) is 25.3 Å². The summed E-state index contributed by atoms with van der Waals surface area (Å²) in [5.74, 6) is 0.116. The van der Waals surface area contributed by atoms with Gasteiger partial charge in [0.1, 0.15) is 17.2 Å². The summed E-state index contributed by atoms with van der Waals surface area (Å²) < 4.78 is 61.7. The summed E-state index contributed by atoms with van der Waals surface area (Å²) in [6.45, 7) is 9.83. The fourth-order valence-corrected chi connectivity index (χ4v) is 4.81. The molecule has 1 N–H and O–H groups in total. The van der Waals surface area contributed by atoms with Crippen molar-refractivity contribution < 1.29 is 27.1 Å². The molecule has 1 aromatic carbocycles. The molecule has 1 amide bonds. The molecule has 4 aromatic rings. The number of carbonyl (C=O) groups is 1. The van der Waals surface area contributed by atoms with Crippen LogP contribution in [0, 0.1) is 5.95 Å². The molecule has 232 valence electrons. The Bertz CT molecular complexity index is 1660. The summed E-state index contributed by atoms with van der Waals surface area (Å²) in [4.78, 5) is 31.2. The van der Waals surface area contributed by atoms with Gasteiger partial charge in [0.15, 0.2) is 11.5 Å². The normalized spacial score (nSPS) is 13.6. The number of imidazole rings is 1. The van der Waals surface area contributed by atoms with Crippen LogP contribution in [-0.4, -0.2) is 47.6 Å². The van der Waals surface area contributed by atoms with Crippen molar-refractivity contribution in [3.63, 3.8) is 0 Å². The number of ether oxygens (including phenoxy) is 1. The second kappa shape index (κ2) is 11.9. The van der Waals surface area contributed by atoms with Gasteiger partial charge in [0.25, 0.3) is 0 Å². The average molecular weight is 612 g/mol. The molecule has 0 bridgehead atoms. The van der Waals surface area contributed by atoms with E-state index in [0.29, 0.717) is 35.6 Å². The van der Waals surface area contributed by atoms with E-state index < -0.39 is 29.5 Å². The van der Waals surface area contributed by atoms with E-state index in [1.165, 1.54) is 10.8 Å². The summed E-state index contributed by atoms with van der Waals surface area (Å²) in [6, 6.07) is 9.94. The number of fused-ring (bicyclic) bond motifs is 1. The van der Waals surface area contributed by atoms with Crippen LogP contribution in [-0.2, 0) is 30.4 Å². The van der Waals surface area contributed by atoms with E-state index in [0.717, 1.165) is 11.8 Å². The van der Waals surface area contributed by atoms with Gasteiger partial charge in [-0.15, -0.1) is 0 Å². The lowest BCUT2D eigenvalue weighted by Gasteiger charge is -2.31. The van der Waals surface area contributed by atoms with Crippen molar-refractivity contribution in [3.8, 4) is 22.8 Å². The van der Waals surface area contributed by atoms with Crippen LogP contribution in [0.3, 0.4) is 0 Å². The summed E-state index contributed by atoms with van der Waals surface area (Å²) in [5.41, 5.74) is 1.26. The lowest BCUT2D eigenvalue weighted by atomic mass is 10.1. The van der Waals surface area contributed by atoms with Gasteiger partial charge in [-0.1, -0.05) is 24.3 Å². The van der Waals surface area contributed by atoms with Gasteiger partial charge in [-0.25, -0.2) is 24.7 Å². The Morgan fingerprint density at radius 2 is 1.80 bits per heavy atom. The standard InChI is InChI=1S/C31H33F4N7O2/c1-18(2)42-17-24(31(33,34)35)39-28(42)20-10-8-19(9-11-20)15-37-26-22-16-41(29(43)44-30(3,4)5)14-12-23(22)38-27(40-26)21-7-6-13-36-25(21)32/h6-11,13,17-18H,12,14-16H2,1-5H3,(H,37,38,40). The summed E-state index contributed by atoms with van der Waals surface area (Å²) in [6.07, 6.45) is -2.22. The van der Waals surface area contributed by atoms with Crippen molar-refractivity contribution in [3.05, 3.63) is 77.3 Å². The number of nitrogens with one attached hydrogen (secondary N) is 1. The van der Waals surface area contributed by atoms with Gasteiger partial charge in [0, 0.05) is 49.1 Å². The lowest BCUT2D eigenvalue weighted by molar-refractivity contribution is -0.140. The predicted octanol–water partition coefficient (Wildman–Crippen LogP) is 7.05. The van der Waals surface area contributed by atoms with Crippen molar-refractivity contribution >= 4 is 11.9 Å². The molecule has 44 heavy (non-hydrogen) atoms. The van der Waals surface area contributed by atoms with Crippen LogP contribution < -0.4 is 5.32 Å². The number of nitrogens with zero attached hydrogens (tertiary/aromatic N) is 6. The zero-order chi connectivity index (χ0) is 31.8. The van der Waals surface area contributed by atoms with Crippen LogP contribution in [0.15, 0.2) is 48.8 Å². The number of rotatable bonds is 6. The molecular weight excluding hydrogens is 578 g/mol. The van der Waals surface area contributed by atoms with Crippen molar-refractivity contribution in [2.24, 2.45) is 0 Å². The number of halogens is 4. The van der Waals surface area contributed by atoms with Crippen molar-refractivity contribution in [1.82, 2.24) is 29.4 Å².